The third-order valence-corrected chi connectivity index (χ3v) is 4.82. The molecule has 5 heteroatoms. The molecular weight excluding hydrogens is 352 g/mol. The number of aryl methyl sites for hydroxylation is 1. The van der Waals surface area contributed by atoms with Crippen LogP contribution in [0.25, 0.3) is 10.8 Å². The van der Waals surface area contributed by atoms with Gasteiger partial charge in [-0.05, 0) is 60.4 Å². The Morgan fingerprint density at radius 1 is 0.964 bits per heavy atom. The van der Waals surface area contributed by atoms with E-state index in [-0.39, 0.29) is 24.3 Å². The molecule has 1 aliphatic carbocycles. The Bertz CT molecular complexity index is 1040. The average molecular weight is 374 g/mol. The number of ether oxygens (including phenoxy) is 1. The van der Waals surface area contributed by atoms with Crippen molar-refractivity contribution in [2.45, 2.75) is 19.8 Å². The van der Waals surface area contributed by atoms with Crippen molar-refractivity contribution < 1.29 is 14.3 Å². The minimum absolute atomic E-state index is 0.0424. The summed E-state index contributed by atoms with van der Waals surface area (Å²) in [6, 6.07) is 19.2. The van der Waals surface area contributed by atoms with Crippen LogP contribution in [0.2, 0.25) is 0 Å². The lowest BCUT2D eigenvalue weighted by atomic mass is 10.1. The van der Waals surface area contributed by atoms with Gasteiger partial charge in [0.15, 0.2) is 6.61 Å². The fourth-order valence-electron chi connectivity index (χ4n) is 3.02. The standard InChI is InChI=1S/C23H22N2O3/c1-15-6-10-19(24-23(27)17-7-8-17)13-21(15)25-22(26)14-28-20-11-9-16-4-2-3-5-18(16)12-20/h2-6,9-13,17H,7-8,14H2,1H3,(H,24,27)(H,25,26). The van der Waals surface area contributed by atoms with Gasteiger partial charge in [-0.25, -0.2) is 0 Å². The normalized spacial score (nSPS) is 13.2. The summed E-state index contributed by atoms with van der Waals surface area (Å²) < 4.78 is 5.64. The molecule has 0 atom stereocenters. The number of anilines is 2. The molecule has 3 aromatic carbocycles. The molecule has 5 nitrogen and oxygen atoms in total. The molecule has 28 heavy (non-hydrogen) atoms. The summed E-state index contributed by atoms with van der Waals surface area (Å²) in [5, 5.41) is 7.95. The molecule has 3 aromatic rings. The zero-order valence-corrected chi connectivity index (χ0v) is 15.7. The van der Waals surface area contributed by atoms with Gasteiger partial charge in [-0.2, -0.15) is 0 Å². The molecule has 0 aliphatic heterocycles. The Morgan fingerprint density at radius 3 is 2.54 bits per heavy atom. The summed E-state index contributed by atoms with van der Waals surface area (Å²) in [5.41, 5.74) is 2.28. The molecule has 0 bridgehead atoms. The zero-order chi connectivity index (χ0) is 19.5. The predicted octanol–water partition coefficient (Wildman–Crippen LogP) is 4.51. The first-order chi connectivity index (χ1) is 13.6. The molecule has 1 fully saturated rings. The third kappa shape index (κ3) is 4.31. The van der Waals surface area contributed by atoms with Crippen LogP contribution in [0.5, 0.6) is 5.75 Å². The summed E-state index contributed by atoms with van der Waals surface area (Å²) >= 11 is 0. The Morgan fingerprint density at radius 2 is 1.75 bits per heavy atom. The van der Waals surface area contributed by atoms with Gasteiger partial charge in [0, 0.05) is 17.3 Å². The van der Waals surface area contributed by atoms with Crippen LogP contribution in [0, 0.1) is 12.8 Å². The first kappa shape index (κ1) is 18.0. The zero-order valence-electron chi connectivity index (χ0n) is 15.7. The van der Waals surface area contributed by atoms with Crippen molar-refractivity contribution >= 4 is 34.0 Å². The molecule has 2 N–H and O–H groups in total. The van der Waals surface area contributed by atoms with Gasteiger partial charge in [-0.1, -0.05) is 36.4 Å². The minimum atomic E-state index is -0.248. The second-order valence-electron chi connectivity index (χ2n) is 7.14. The average Bonchev–Trinajstić information content (AvgIpc) is 3.54. The molecule has 0 heterocycles. The Balaban J connectivity index is 1.37. The van der Waals surface area contributed by atoms with Crippen molar-refractivity contribution in [1.82, 2.24) is 0 Å². The number of benzene rings is 3. The van der Waals surface area contributed by atoms with E-state index in [1.807, 2.05) is 61.5 Å². The number of carbonyl (C=O) groups excluding carboxylic acids is 2. The molecule has 1 saturated carbocycles. The van der Waals surface area contributed by atoms with Gasteiger partial charge in [0.05, 0.1) is 0 Å². The summed E-state index contributed by atoms with van der Waals surface area (Å²) in [7, 11) is 0. The summed E-state index contributed by atoms with van der Waals surface area (Å²) in [6.45, 7) is 1.82. The topological polar surface area (TPSA) is 67.4 Å². The molecule has 0 unspecified atom stereocenters. The van der Waals surface area contributed by atoms with Gasteiger partial charge in [-0.3, -0.25) is 9.59 Å². The van der Waals surface area contributed by atoms with Crippen molar-refractivity contribution in [3.8, 4) is 5.75 Å². The van der Waals surface area contributed by atoms with E-state index in [0.29, 0.717) is 17.1 Å². The molecule has 0 aromatic heterocycles. The lowest BCUT2D eigenvalue weighted by molar-refractivity contribution is -0.118. The van der Waals surface area contributed by atoms with Gasteiger partial charge in [-0.15, -0.1) is 0 Å². The number of fused-ring (bicyclic) bond motifs is 1. The fourth-order valence-corrected chi connectivity index (χ4v) is 3.02. The predicted molar refractivity (Wildman–Crippen MR) is 111 cm³/mol. The van der Waals surface area contributed by atoms with E-state index in [1.165, 1.54) is 0 Å². The number of nitrogens with one attached hydrogen (secondary N) is 2. The maximum Gasteiger partial charge on any atom is 0.262 e. The highest BCUT2D eigenvalue weighted by Gasteiger charge is 2.29. The number of hydrogen-bond donors (Lipinski definition) is 2. The number of hydrogen-bond acceptors (Lipinski definition) is 3. The molecule has 2 amide bonds. The highest BCUT2D eigenvalue weighted by atomic mass is 16.5. The molecule has 0 saturated heterocycles. The Hall–Kier alpha value is -3.34. The summed E-state index contributed by atoms with van der Waals surface area (Å²) in [5.74, 6) is 0.577. The monoisotopic (exact) mass is 374 g/mol. The Labute approximate surface area is 163 Å². The molecular formula is C23H22N2O3. The first-order valence-corrected chi connectivity index (χ1v) is 9.41. The van der Waals surface area contributed by atoms with Crippen molar-refractivity contribution in [2.24, 2.45) is 5.92 Å². The Kier molecular flexibility index (Phi) is 4.98. The summed E-state index contributed by atoms with van der Waals surface area (Å²) in [4.78, 5) is 24.3. The van der Waals surface area contributed by atoms with Crippen LogP contribution in [0.3, 0.4) is 0 Å². The SMILES string of the molecule is Cc1ccc(NC(=O)C2CC2)cc1NC(=O)COc1ccc2ccccc2c1. The highest BCUT2D eigenvalue weighted by molar-refractivity contribution is 5.96. The first-order valence-electron chi connectivity index (χ1n) is 9.41. The van der Waals surface area contributed by atoms with E-state index in [4.69, 9.17) is 4.74 Å². The van der Waals surface area contributed by atoms with Crippen LogP contribution in [0.1, 0.15) is 18.4 Å². The van der Waals surface area contributed by atoms with Gasteiger partial charge in [0.25, 0.3) is 5.91 Å². The van der Waals surface area contributed by atoms with Crippen LogP contribution < -0.4 is 15.4 Å². The van der Waals surface area contributed by atoms with E-state index in [0.717, 1.165) is 29.2 Å². The van der Waals surface area contributed by atoms with Crippen LogP contribution in [0.4, 0.5) is 11.4 Å². The van der Waals surface area contributed by atoms with Crippen molar-refractivity contribution in [3.05, 3.63) is 66.2 Å². The van der Waals surface area contributed by atoms with Crippen molar-refractivity contribution in [1.29, 1.82) is 0 Å². The quantitative estimate of drug-likeness (QED) is 0.667. The molecule has 0 spiro atoms. The van der Waals surface area contributed by atoms with E-state index in [2.05, 4.69) is 10.6 Å². The number of rotatable bonds is 6. The fraction of sp³-hybridized carbons (Fsp3) is 0.217. The van der Waals surface area contributed by atoms with Gasteiger partial charge in [0.2, 0.25) is 5.91 Å². The lowest BCUT2D eigenvalue weighted by Gasteiger charge is -2.12. The molecule has 142 valence electrons. The van der Waals surface area contributed by atoms with Crippen LogP contribution in [-0.2, 0) is 9.59 Å². The van der Waals surface area contributed by atoms with Crippen LogP contribution >= 0.6 is 0 Å². The van der Waals surface area contributed by atoms with Crippen molar-refractivity contribution in [2.75, 3.05) is 17.2 Å². The van der Waals surface area contributed by atoms with Crippen LogP contribution in [0.15, 0.2) is 60.7 Å². The van der Waals surface area contributed by atoms with E-state index in [1.54, 1.807) is 6.07 Å². The molecule has 1 aliphatic rings. The van der Waals surface area contributed by atoms with Gasteiger partial charge in [0.1, 0.15) is 5.75 Å². The second kappa shape index (κ2) is 7.72. The van der Waals surface area contributed by atoms with E-state index in [9.17, 15) is 9.59 Å². The van der Waals surface area contributed by atoms with Crippen LogP contribution in [-0.4, -0.2) is 18.4 Å². The maximum atomic E-state index is 12.3. The van der Waals surface area contributed by atoms with Crippen molar-refractivity contribution in [3.63, 3.8) is 0 Å². The highest BCUT2D eigenvalue weighted by Crippen LogP contribution is 2.31. The third-order valence-electron chi connectivity index (χ3n) is 4.82. The van der Waals surface area contributed by atoms with E-state index < -0.39 is 0 Å². The number of carbonyl (C=O) groups is 2. The molecule has 4 rings (SSSR count). The maximum absolute atomic E-state index is 12.3. The van der Waals surface area contributed by atoms with Gasteiger partial charge >= 0.3 is 0 Å². The smallest absolute Gasteiger partial charge is 0.262 e. The van der Waals surface area contributed by atoms with Gasteiger partial charge < -0.3 is 15.4 Å². The number of amides is 2. The largest absolute Gasteiger partial charge is 0.484 e. The minimum Gasteiger partial charge on any atom is -0.484 e. The second-order valence-corrected chi connectivity index (χ2v) is 7.14. The lowest BCUT2D eigenvalue weighted by Crippen LogP contribution is -2.21. The van der Waals surface area contributed by atoms with E-state index >= 15 is 0 Å². The molecule has 0 radical (unpaired) electrons. The summed E-state index contributed by atoms with van der Waals surface area (Å²) in [6.07, 6.45) is 1.90.